The van der Waals surface area contributed by atoms with Crippen LogP contribution in [0.5, 0.6) is 11.5 Å². The molecule has 0 aliphatic rings. The third-order valence-electron chi connectivity index (χ3n) is 2.83. The minimum absolute atomic E-state index is 0.0743. The highest BCUT2D eigenvalue weighted by Crippen LogP contribution is 2.28. The van der Waals surface area contributed by atoms with Crippen molar-refractivity contribution in [1.82, 2.24) is 4.90 Å². The summed E-state index contributed by atoms with van der Waals surface area (Å²) in [5.74, 6) is 0.122. The number of ether oxygens (including phenoxy) is 2. The van der Waals surface area contributed by atoms with E-state index in [9.17, 15) is 9.59 Å². The van der Waals surface area contributed by atoms with Gasteiger partial charge in [-0.05, 0) is 32.0 Å². The van der Waals surface area contributed by atoms with Crippen LogP contribution in [0.1, 0.15) is 24.2 Å². The molecule has 2 amide bonds. The summed E-state index contributed by atoms with van der Waals surface area (Å²) in [6.45, 7) is 4.88. The number of hydrogen-bond donors (Lipinski definition) is 1. The monoisotopic (exact) mass is 280 g/mol. The van der Waals surface area contributed by atoms with Gasteiger partial charge in [0, 0.05) is 18.7 Å². The number of hydrogen-bond acceptors (Lipinski definition) is 4. The lowest BCUT2D eigenvalue weighted by Crippen LogP contribution is -2.30. The van der Waals surface area contributed by atoms with Gasteiger partial charge in [-0.15, -0.1) is 0 Å². The Morgan fingerprint density at radius 2 is 1.85 bits per heavy atom. The van der Waals surface area contributed by atoms with Gasteiger partial charge in [0.1, 0.15) is 0 Å². The second-order valence-corrected chi connectivity index (χ2v) is 4.10. The van der Waals surface area contributed by atoms with Gasteiger partial charge in [-0.25, -0.2) is 0 Å². The number of nitrogens with two attached hydrogens (primary N) is 1. The molecule has 0 radical (unpaired) electrons. The van der Waals surface area contributed by atoms with Crippen LogP contribution in [0.25, 0.3) is 0 Å². The first kappa shape index (κ1) is 15.8. The van der Waals surface area contributed by atoms with Gasteiger partial charge in [-0.2, -0.15) is 0 Å². The lowest BCUT2D eigenvalue weighted by molar-refractivity contribution is -0.119. The number of primary amides is 1. The van der Waals surface area contributed by atoms with E-state index in [1.165, 1.54) is 7.11 Å². The Labute approximate surface area is 118 Å². The van der Waals surface area contributed by atoms with Crippen LogP contribution in [-0.4, -0.2) is 43.5 Å². The van der Waals surface area contributed by atoms with Crippen LogP contribution in [0.2, 0.25) is 0 Å². The molecule has 0 saturated carbocycles. The van der Waals surface area contributed by atoms with E-state index in [1.54, 1.807) is 23.1 Å². The van der Waals surface area contributed by atoms with Crippen LogP contribution in [0.4, 0.5) is 0 Å². The number of carbonyl (C=O) groups is 2. The maximum atomic E-state index is 12.2. The van der Waals surface area contributed by atoms with Gasteiger partial charge in [0.15, 0.2) is 18.1 Å². The van der Waals surface area contributed by atoms with Gasteiger partial charge in [-0.1, -0.05) is 0 Å². The number of rotatable bonds is 7. The van der Waals surface area contributed by atoms with Crippen LogP contribution in [0.15, 0.2) is 18.2 Å². The average molecular weight is 280 g/mol. The Bertz CT molecular complexity index is 484. The highest BCUT2D eigenvalue weighted by molar-refractivity contribution is 5.95. The molecule has 0 bridgehead atoms. The first-order chi connectivity index (χ1) is 9.53. The van der Waals surface area contributed by atoms with Gasteiger partial charge >= 0.3 is 0 Å². The largest absolute Gasteiger partial charge is 0.493 e. The van der Waals surface area contributed by atoms with Crippen LogP contribution in [0.3, 0.4) is 0 Å². The normalized spacial score (nSPS) is 9.95. The molecule has 0 heterocycles. The molecular weight excluding hydrogens is 260 g/mol. The Morgan fingerprint density at radius 1 is 1.20 bits per heavy atom. The third kappa shape index (κ3) is 3.88. The van der Waals surface area contributed by atoms with Crippen molar-refractivity contribution in [2.24, 2.45) is 5.73 Å². The molecule has 110 valence electrons. The van der Waals surface area contributed by atoms with E-state index in [0.717, 1.165) is 0 Å². The number of methoxy groups -OCH3 is 1. The highest BCUT2D eigenvalue weighted by atomic mass is 16.5. The molecule has 0 spiro atoms. The fourth-order valence-corrected chi connectivity index (χ4v) is 1.76. The number of benzene rings is 1. The first-order valence-corrected chi connectivity index (χ1v) is 6.41. The van der Waals surface area contributed by atoms with Crippen LogP contribution in [0, 0.1) is 0 Å². The summed E-state index contributed by atoms with van der Waals surface area (Å²) in [4.78, 5) is 24.6. The summed E-state index contributed by atoms with van der Waals surface area (Å²) < 4.78 is 10.4. The lowest BCUT2D eigenvalue weighted by atomic mass is 10.1. The summed E-state index contributed by atoms with van der Waals surface area (Å²) in [5.41, 5.74) is 5.53. The molecule has 1 aromatic rings. The lowest BCUT2D eigenvalue weighted by Gasteiger charge is -2.19. The van der Waals surface area contributed by atoms with Crippen LogP contribution >= 0.6 is 0 Å². The van der Waals surface area contributed by atoms with Crippen molar-refractivity contribution >= 4 is 11.8 Å². The molecule has 1 aromatic carbocycles. The number of amides is 2. The van der Waals surface area contributed by atoms with Crippen molar-refractivity contribution in [2.45, 2.75) is 13.8 Å². The quantitative estimate of drug-likeness (QED) is 0.809. The minimum atomic E-state index is -0.574. The SMILES string of the molecule is CCN(CC)C(=O)c1ccc(OCC(N)=O)c(OC)c1. The molecule has 0 unspecified atom stereocenters. The van der Waals surface area contributed by atoms with Crippen molar-refractivity contribution in [3.05, 3.63) is 23.8 Å². The van der Waals surface area contributed by atoms with E-state index < -0.39 is 5.91 Å². The molecule has 0 aliphatic heterocycles. The maximum Gasteiger partial charge on any atom is 0.255 e. The molecule has 2 N–H and O–H groups in total. The maximum absolute atomic E-state index is 12.2. The number of nitrogens with zero attached hydrogens (tertiary/aromatic N) is 1. The van der Waals surface area contributed by atoms with Crippen molar-refractivity contribution in [1.29, 1.82) is 0 Å². The van der Waals surface area contributed by atoms with Crippen molar-refractivity contribution in [2.75, 3.05) is 26.8 Å². The Hall–Kier alpha value is -2.24. The number of carbonyl (C=O) groups excluding carboxylic acids is 2. The zero-order chi connectivity index (χ0) is 15.1. The second kappa shape index (κ2) is 7.37. The van der Waals surface area contributed by atoms with Crippen molar-refractivity contribution < 1.29 is 19.1 Å². The van der Waals surface area contributed by atoms with Crippen molar-refractivity contribution in [3.63, 3.8) is 0 Å². The van der Waals surface area contributed by atoms with E-state index in [4.69, 9.17) is 15.2 Å². The zero-order valence-corrected chi connectivity index (χ0v) is 12.0. The predicted molar refractivity (Wildman–Crippen MR) is 74.9 cm³/mol. The molecule has 20 heavy (non-hydrogen) atoms. The fraction of sp³-hybridized carbons (Fsp3) is 0.429. The summed E-state index contributed by atoms with van der Waals surface area (Å²) in [5, 5.41) is 0. The van der Waals surface area contributed by atoms with Gasteiger partial charge in [-0.3, -0.25) is 9.59 Å². The fourth-order valence-electron chi connectivity index (χ4n) is 1.76. The summed E-state index contributed by atoms with van der Waals surface area (Å²) in [7, 11) is 1.47. The molecule has 0 saturated heterocycles. The van der Waals surface area contributed by atoms with Crippen LogP contribution in [-0.2, 0) is 4.79 Å². The smallest absolute Gasteiger partial charge is 0.255 e. The second-order valence-electron chi connectivity index (χ2n) is 4.10. The molecule has 0 aliphatic carbocycles. The van der Waals surface area contributed by atoms with E-state index >= 15 is 0 Å². The average Bonchev–Trinajstić information content (AvgIpc) is 2.45. The zero-order valence-electron chi connectivity index (χ0n) is 12.0. The molecule has 0 fully saturated rings. The first-order valence-electron chi connectivity index (χ1n) is 6.41. The highest BCUT2D eigenvalue weighted by Gasteiger charge is 2.15. The van der Waals surface area contributed by atoms with Gasteiger partial charge in [0.25, 0.3) is 11.8 Å². The predicted octanol–water partition coefficient (Wildman–Crippen LogP) is 1.04. The molecule has 0 atom stereocenters. The Kier molecular flexibility index (Phi) is 5.83. The Morgan fingerprint density at radius 3 is 2.35 bits per heavy atom. The van der Waals surface area contributed by atoms with E-state index in [-0.39, 0.29) is 12.5 Å². The van der Waals surface area contributed by atoms with E-state index in [2.05, 4.69) is 0 Å². The molecule has 6 heteroatoms. The summed E-state index contributed by atoms with van der Waals surface area (Å²) >= 11 is 0. The molecule has 1 rings (SSSR count). The molecule has 0 aromatic heterocycles. The van der Waals surface area contributed by atoms with Crippen molar-refractivity contribution in [3.8, 4) is 11.5 Å². The molecule has 6 nitrogen and oxygen atoms in total. The summed E-state index contributed by atoms with van der Waals surface area (Å²) in [6.07, 6.45) is 0. The minimum Gasteiger partial charge on any atom is -0.493 e. The van der Waals surface area contributed by atoms with E-state index in [1.807, 2.05) is 13.8 Å². The van der Waals surface area contributed by atoms with Gasteiger partial charge in [0.2, 0.25) is 0 Å². The van der Waals surface area contributed by atoms with Gasteiger partial charge in [0.05, 0.1) is 7.11 Å². The third-order valence-corrected chi connectivity index (χ3v) is 2.83. The van der Waals surface area contributed by atoms with Crippen LogP contribution < -0.4 is 15.2 Å². The topological polar surface area (TPSA) is 81.9 Å². The Balaban J connectivity index is 2.96. The molecular formula is C14H20N2O4. The standard InChI is InChI=1S/C14H20N2O4/c1-4-16(5-2)14(18)10-6-7-11(12(8-10)19-3)20-9-13(15)17/h6-8H,4-5,9H2,1-3H3,(H2,15,17). The summed E-state index contributed by atoms with van der Waals surface area (Å²) in [6, 6.07) is 4.83. The van der Waals surface area contributed by atoms with Gasteiger partial charge < -0.3 is 20.1 Å². The van der Waals surface area contributed by atoms with E-state index in [0.29, 0.717) is 30.2 Å².